The maximum Gasteiger partial charge on any atom is 0.238 e. The quantitative estimate of drug-likeness (QED) is 0.168. The molecule has 0 saturated heterocycles. The van der Waals surface area contributed by atoms with Crippen LogP contribution in [0.2, 0.25) is 0 Å². The summed E-state index contributed by atoms with van der Waals surface area (Å²) < 4.78 is 2.28. The molecule has 1 aliphatic rings. The Bertz CT molecular complexity index is 3410. The van der Waals surface area contributed by atoms with Gasteiger partial charge in [0.05, 0.1) is 11.0 Å². The summed E-state index contributed by atoms with van der Waals surface area (Å²) in [6.07, 6.45) is 0. The highest BCUT2D eigenvalue weighted by molar-refractivity contribution is 6.17. The Balaban J connectivity index is 1.11. The van der Waals surface area contributed by atoms with E-state index in [1.165, 1.54) is 38.8 Å². The molecule has 1 aliphatic carbocycles. The molecule has 0 aliphatic heterocycles. The highest BCUT2D eigenvalue weighted by Crippen LogP contribution is 2.50. The Kier molecular flexibility index (Phi) is 8.16. The lowest BCUT2D eigenvalue weighted by Crippen LogP contribution is -2.14. The maximum atomic E-state index is 5.40. The molecule has 0 fully saturated rings. The number of nitrogens with zero attached hydrogens (tertiary/aromatic N) is 4. The van der Waals surface area contributed by atoms with E-state index in [1.807, 2.05) is 12.1 Å². The topological polar surface area (TPSA) is 43.6 Å². The van der Waals surface area contributed by atoms with Gasteiger partial charge in [-0.3, -0.25) is 4.57 Å². The van der Waals surface area contributed by atoms with Crippen LogP contribution in [0.3, 0.4) is 0 Å². The van der Waals surface area contributed by atoms with Crippen molar-refractivity contribution in [1.82, 2.24) is 19.5 Å². The van der Waals surface area contributed by atoms with E-state index in [1.54, 1.807) is 0 Å². The lowest BCUT2D eigenvalue weighted by atomic mass is 9.82. The molecule has 11 aromatic rings. The lowest BCUT2D eigenvalue weighted by Gasteiger charge is -2.21. The molecular formula is C58H40N4. The van der Waals surface area contributed by atoms with E-state index in [-0.39, 0.29) is 5.41 Å². The summed E-state index contributed by atoms with van der Waals surface area (Å²) in [6.45, 7) is 4.67. The Morgan fingerprint density at radius 2 is 0.855 bits per heavy atom. The van der Waals surface area contributed by atoms with Gasteiger partial charge in [-0.05, 0) is 79.0 Å². The summed E-state index contributed by atoms with van der Waals surface area (Å²) >= 11 is 0. The van der Waals surface area contributed by atoms with E-state index in [9.17, 15) is 0 Å². The fourth-order valence-corrected chi connectivity index (χ4v) is 9.69. The monoisotopic (exact) mass is 792 g/mol. The number of para-hydroxylation sites is 1. The summed E-state index contributed by atoms with van der Waals surface area (Å²) in [5.74, 6) is 1.79. The average Bonchev–Trinajstić information content (AvgIpc) is 3.78. The normalized spacial score (nSPS) is 12.8. The number of rotatable bonds is 6. The fourth-order valence-electron chi connectivity index (χ4n) is 9.69. The van der Waals surface area contributed by atoms with Gasteiger partial charge in [-0.2, -0.15) is 9.97 Å². The van der Waals surface area contributed by atoms with Crippen molar-refractivity contribution in [3.05, 3.63) is 217 Å². The van der Waals surface area contributed by atoms with Gasteiger partial charge in [-0.15, -0.1) is 0 Å². The van der Waals surface area contributed by atoms with Gasteiger partial charge >= 0.3 is 0 Å². The van der Waals surface area contributed by atoms with E-state index < -0.39 is 0 Å². The molecule has 2 aromatic heterocycles. The first kappa shape index (κ1) is 35.9. The molecule has 292 valence electrons. The summed E-state index contributed by atoms with van der Waals surface area (Å²) in [5, 5.41) is 4.64. The predicted octanol–water partition coefficient (Wildman–Crippen LogP) is 14.8. The maximum absolute atomic E-state index is 5.40. The number of hydrogen-bond donors (Lipinski definition) is 0. The molecule has 4 heteroatoms. The predicted molar refractivity (Wildman–Crippen MR) is 256 cm³/mol. The van der Waals surface area contributed by atoms with E-state index in [4.69, 9.17) is 15.0 Å². The SMILES string of the molecule is CC1(C)c2ccccc2-c2cc(-c3cccc4c5cc6ccccc6cc5n(-c5nc(-c6ccc(-c7ccccc7)cc6)nc(-c6ccc(-c7ccccc7)cc6)n5)c34)ccc21. The van der Waals surface area contributed by atoms with Crippen molar-refractivity contribution in [3.63, 3.8) is 0 Å². The van der Waals surface area contributed by atoms with Crippen LogP contribution in [0.25, 0.3) is 106 Å². The van der Waals surface area contributed by atoms with Gasteiger partial charge in [-0.25, -0.2) is 4.98 Å². The molecule has 0 amide bonds. The molecule has 0 spiro atoms. The second kappa shape index (κ2) is 14.1. The number of benzene rings is 9. The van der Waals surface area contributed by atoms with Crippen LogP contribution in [0.15, 0.2) is 206 Å². The van der Waals surface area contributed by atoms with Gasteiger partial charge in [0.1, 0.15) is 0 Å². The first-order valence-electron chi connectivity index (χ1n) is 21.3. The minimum atomic E-state index is -0.0816. The molecule has 2 heterocycles. The van der Waals surface area contributed by atoms with Gasteiger partial charge < -0.3 is 0 Å². The Hall–Kier alpha value is -7.95. The van der Waals surface area contributed by atoms with E-state index in [2.05, 4.69) is 213 Å². The van der Waals surface area contributed by atoms with Crippen LogP contribution >= 0.6 is 0 Å². The smallest absolute Gasteiger partial charge is 0.238 e. The van der Waals surface area contributed by atoms with Gasteiger partial charge in [0.25, 0.3) is 0 Å². The highest BCUT2D eigenvalue weighted by Gasteiger charge is 2.35. The molecule has 0 radical (unpaired) electrons. The zero-order valence-electron chi connectivity index (χ0n) is 34.4. The molecule has 0 atom stereocenters. The fraction of sp³-hybridized carbons (Fsp3) is 0.0517. The van der Waals surface area contributed by atoms with Crippen molar-refractivity contribution < 1.29 is 0 Å². The minimum Gasteiger partial charge on any atom is -0.277 e. The van der Waals surface area contributed by atoms with Crippen LogP contribution in [0.5, 0.6) is 0 Å². The number of hydrogen-bond acceptors (Lipinski definition) is 3. The highest BCUT2D eigenvalue weighted by atomic mass is 15.2. The largest absolute Gasteiger partial charge is 0.277 e. The number of aromatic nitrogens is 4. The molecule has 12 rings (SSSR count). The lowest BCUT2D eigenvalue weighted by molar-refractivity contribution is 0.660. The summed E-state index contributed by atoms with van der Waals surface area (Å²) in [5.41, 5.74) is 16.0. The van der Waals surface area contributed by atoms with Gasteiger partial charge in [0.2, 0.25) is 5.95 Å². The molecule has 0 unspecified atom stereocenters. The molecular weight excluding hydrogens is 753 g/mol. The van der Waals surface area contributed by atoms with Crippen molar-refractivity contribution in [2.45, 2.75) is 19.3 Å². The third-order valence-electron chi connectivity index (χ3n) is 12.9. The van der Waals surface area contributed by atoms with Crippen molar-refractivity contribution in [3.8, 4) is 73.2 Å². The van der Waals surface area contributed by atoms with Crippen molar-refractivity contribution in [2.24, 2.45) is 0 Å². The molecule has 0 saturated carbocycles. The summed E-state index contributed by atoms with van der Waals surface area (Å²) in [7, 11) is 0. The molecule has 0 bridgehead atoms. The van der Waals surface area contributed by atoms with Crippen molar-refractivity contribution in [2.75, 3.05) is 0 Å². The van der Waals surface area contributed by atoms with Crippen LogP contribution in [0.1, 0.15) is 25.0 Å². The van der Waals surface area contributed by atoms with E-state index in [0.717, 1.165) is 60.6 Å². The minimum absolute atomic E-state index is 0.0816. The Morgan fingerprint density at radius 3 is 1.50 bits per heavy atom. The third-order valence-corrected chi connectivity index (χ3v) is 12.9. The molecule has 62 heavy (non-hydrogen) atoms. The standard InChI is InChI=1S/C58H40N4/c1-58(2)51-23-12-11-20-47(51)49-35-45(32-33-52(49)58)46-21-13-22-48-50-34-43-18-9-10-19-44(43)36-53(50)62(54(46)48)57-60-55(41-28-24-39(25-29-41)37-14-5-3-6-15-37)59-56(61-57)42-30-26-40(27-31-42)38-16-7-4-8-17-38/h3-36H,1-2H3. The Morgan fingerprint density at radius 1 is 0.355 bits per heavy atom. The first-order valence-corrected chi connectivity index (χ1v) is 21.3. The van der Waals surface area contributed by atoms with Crippen molar-refractivity contribution in [1.29, 1.82) is 0 Å². The molecule has 0 N–H and O–H groups in total. The van der Waals surface area contributed by atoms with Gasteiger partial charge in [0.15, 0.2) is 11.6 Å². The van der Waals surface area contributed by atoms with E-state index >= 15 is 0 Å². The van der Waals surface area contributed by atoms with Crippen LogP contribution in [-0.2, 0) is 5.41 Å². The summed E-state index contributed by atoms with van der Waals surface area (Å²) in [4.78, 5) is 16.0. The van der Waals surface area contributed by atoms with Crippen LogP contribution in [0, 0.1) is 0 Å². The van der Waals surface area contributed by atoms with Crippen LogP contribution < -0.4 is 0 Å². The van der Waals surface area contributed by atoms with Gasteiger partial charge in [-0.1, -0.05) is 202 Å². The van der Waals surface area contributed by atoms with Crippen LogP contribution in [0.4, 0.5) is 0 Å². The zero-order valence-corrected chi connectivity index (χ0v) is 34.4. The second-order valence-corrected chi connectivity index (χ2v) is 16.9. The van der Waals surface area contributed by atoms with E-state index in [0.29, 0.717) is 17.6 Å². The third kappa shape index (κ3) is 5.79. The molecule has 9 aromatic carbocycles. The summed E-state index contributed by atoms with van der Waals surface area (Å²) in [6, 6.07) is 73.8. The zero-order chi connectivity index (χ0) is 41.4. The first-order chi connectivity index (χ1) is 30.5. The van der Waals surface area contributed by atoms with Crippen molar-refractivity contribution >= 4 is 32.6 Å². The Labute approximate surface area is 360 Å². The second-order valence-electron chi connectivity index (χ2n) is 16.9. The van der Waals surface area contributed by atoms with Crippen LogP contribution in [-0.4, -0.2) is 19.5 Å². The number of fused-ring (bicyclic) bond motifs is 7. The average molecular weight is 793 g/mol. The van der Waals surface area contributed by atoms with Gasteiger partial charge in [0, 0.05) is 32.9 Å². The molecule has 4 nitrogen and oxygen atoms in total.